The smallest absolute Gasteiger partial charge is 0.338 e. The van der Waals surface area contributed by atoms with Crippen LogP contribution in [-0.2, 0) is 9.47 Å². The molecule has 21 heavy (non-hydrogen) atoms. The summed E-state index contributed by atoms with van der Waals surface area (Å²) in [5.74, 6) is 0.381. The Balaban J connectivity index is 2.10. The molecule has 0 amide bonds. The van der Waals surface area contributed by atoms with Gasteiger partial charge in [-0.2, -0.15) is 0 Å². The average Bonchev–Trinajstić information content (AvgIpc) is 2.52. The Labute approximate surface area is 124 Å². The third-order valence-corrected chi connectivity index (χ3v) is 3.32. The van der Waals surface area contributed by atoms with Crippen LogP contribution in [0.3, 0.4) is 0 Å². The van der Waals surface area contributed by atoms with Crippen LogP contribution >= 0.6 is 0 Å². The van der Waals surface area contributed by atoms with Gasteiger partial charge in [0.1, 0.15) is 19.0 Å². The quantitative estimate of drug-likeness (QED) is 0.846. The summed E-state index contributed by atoms with van der Waals surface area (Å²) in [7, 11) is 0. The van der Waals surface area contributed by atoms with Crippen LogP contribution < -0.4 is 0 Å². The molecule has 0 saturated heterocycles. The Morgan fingerprint density at radius 1 is 1.48 bits per heavy atom. The fourth-order valence-electron chi connectivity index (χ4n) is 2.00. The number of carbonyl (C=O) groups is 1. The van der Waals surface area contributed by atoms with E-state index >= 15 is 0 Å². The van der Waals surface area contributed by atoms with E-state index < -0.39 is 12.1 Å². The van der Waals surface area contributed by atoms with E-state index in [4.69, 9.17) is 9.47 Å². The molecule has 1 atom stereocenters. The van der Waals surface area contributed by atoms with Crippen molar-refractivity contribution >= 4 is 11.7 Å². The van der Waals surface area contributed by atoms with Crippen molar-refractivity contribution in [3.63, 3.8) is 0 Å². The molecule has 4 heteroatoms. The first-order valence-corrected chi connectivity index (χ1v) is 7.07. The number of aryl methyl sites for hydroxylation is 1. The summed E-state index contributed by atoms with van der Waals surface area (Å²) in [6, 6.07) is 5.34. The monoisotopic (exact) mass is 288 g/mol. The van der Waals surface area contributed by atoms with Gasteiger partial charge in [0.25, 0.3) is 0 Å². The Morgan fingerprint density at radius 3 is 2.90 bits per heavy atom. The van der Waals surface area contributed by atoms with Gasteiger partial charge in [-0.05, 0) is 43.2 Å². The highest BCUT2D eigenvalue weighted by molar-refractivity contribution is 5.90. The number of hydrogen-bond donors (Lipinski definition) is 1. The second kappa shape index (κ2) is 7.09. The summed E-state index contributed by atoms with van der Waals surface area (Å²) < 4.78 is 10.6. The van der Waals surface area contributed by atoms with E-state index in [9.17, 15) is 9.90 Å². The van der Waals surface area contributed by atoms with Crippen LogP contribution in [0.15, 0.2) is 36.4 Å². The second-order valence-corrected chi connectivity index (χ2v) is 4.96. The van der Waals surface area contributed by atoms with Gasteiger partial charge < -0.3 is 14.6 Å². The van der Waals surface area contributed by atoms with Crippen LogP contribution in [-0.4, -0.2) is 30.4 Å². The molecule has 1 heterocycles. The molecule has 4 nitrogen and oxygen atoms in total. The molecule has 0 fully saturated rings. The van der Waals surface area contributed by atoms with Crippen LogP contribution in [0.2, 0.25) is 0 Å². The van der Waals surface area contributed by atoms with Gasteiger partial charge in [0, 0.05) is 5.56 Å². The SMILES string of the molecule is CCC(O)COC(=O)c1ccc(C2=CC=CCO2)c(C)c1. The van der Waals surface area contributed by atoms with Crippen molar-refractivity contribution in [2.75, 3.05) is 13.2 Å². The van der Waals surface area contributed by atoms with E-state index in [2.05, 4.69) is 0 Å². The molecule has 0 aliphatic carbocycles. The molecule has 2 rings (SSSR count). The fraction of sp³-hybridized carbons (Fsp3) is 0.353. The molecule has 0 radical (unpaired) electrons. The van der Waals surface area contributed by atoms with Crippen molar-refractivity contribution in [2.45, 2.75) is 26.4 Å². The lowest BCUT2D eigenvalue weighted by Crippen LogP contribution is -2.17. The molecule has 1 aromatic rings. The summed E-state index contributed by atoms with van der Waals surface area (Å²) in [4.78, 5) is 11.9. The molecule has 1 N–H and O–H groups in total. The Kier molecular flexibility index (Phi) is 5.17. The lowest BCUT2D eigenvalue weighted by atomic mass is 10.0. The lowest BCUT2D eigenvalue weighted by molar-refractivity contribution is 0.0250. The number of hydrogen-bond acceptors (Lipinski definition) is 4. The van der Waals surface area contributed by atoms with Crippen molar-refractivity contribution in [2.24, 2.45) is 0 Å². The lowest BCUT2D eigenvalue weighted by Gasteiger charge is -2.15. The number of ether oxygens (including phenoxy) is 2. The summed E-state index contributed by atoms with van der Waals surface area (Å²) in [6.45, 7) is 4.35. The minimum atomic E-state index is -0.609. The van der Waals surface area contributed by atoms with Gasteiger partial charge in [-0.15, -0.1) is 0 Å². The number of carbonyl (C=O) groups excluding carboxylic acids is 1. The number of allylic oxidation sites excluding steroid dienone is 2. The van der Waals surface area contributed by atoms with Gasteiger partial charge in [0.05, 0.1) is 11.7 Å². The van der Waals surface area contributed by atoms with Crippen molar-refractivity contribution < 1.29 is 19.4 Å². The second-order valence-electron chi connectivity index (χ2n) is 4.96. The third kappa shape index (κ3) is 3.95. The molecule has 112 valence electrons. The Bertz CT molecular complexity index is 572. The maximum absolute atomic E-state index is 11.9. The maximum atomic E-state index is 11.9. The molecular formula is C17H20O4. The van der Waals surface area contributed by atoms with Gasteiger partial charge >= 0.3 is 5.97 Å². The number of esters is 1. The van der Waals surface area contributed by atoms with Crippen LogP contribution in [0.4, 0.5) is 0 Å². The molecule has 0 aromatic heterocycles. The zero-order valence-corrected chi connectivity index (χ0v) is 12.3. The van der Waals surface area contributed by atoms with E-state index in [0.29, 0.717) is 18.6 Å². The zero-order chi connectivity index (χ0) is 15.2. The Hall–Kier alpha value is -2.07. The molecular weight excluding hydrogens is 268 g/mol. The van der Waals surface area contributed by atoms with E-state index in [1.807, 2.05) is 38.1 Å². The highest BCUT2D eigenvalue weighted by atomic mass is 16.5. The van der Waals surface area contributed by atoms with Crippen LogP contribution in [0, 0.1) is 6.92 Å². The minimum Gasteiger partial charge on any atom is -0.489 e. The zero-order valence-electron chi connectivity index (χ0n) is 12.3. The van der Waals surface area contributed by atoms with E-state index in [-0.39, 0.29) is 6.61 Å². The molecule has 1 unspecified atom stereocenters. The standard InChI is InChI=1S/C17H20O4/c1-3-14(18)11-21-17(19)13-7-8-15(12(2)10-13)16-6-4-5-9-20-16/h4-8,10,14,18H,3,9,11H2,1-2H3. The fourth-order valence-corrected chi connectivity index (χ4v) is 2.00. The van der Waals surface area contributed by atoms with E-state index in [1.165, 1.54) is 0 Å². The highest BCUT2D eigenvalue weighted by Crippen LogP contribution is 2.23. The van der Waals surface area contributed by atoms with Gasteiger partial charge in [-0.3, -0.25) is 0 Å². The van der Waals surface area contributed by atoms with Gasteiger partial charge in [0.2, 0.25) is 0 Å². The number of benzene rings is 1. The van der Waals surface area contributed by atoms with Crippen LogP contribution in [0.1, 0.15) is 34.8 Å². The summed E-state index contributed by atoms with van der Waals surface area (Å²) in [5.41, 5.74) is 2.39. The minimum absolute atomic E-state index is 0.0230. The summed E-state index contributed by atoms with van der Waals surface area (Å²) >= 11 is 0. The predicted octanol–water partition coefficient (Wildman–Crippen LogP) is 2.85. The third-order valence-electron chi connectivity index (χ3n) is 3.32. The predicted molar refractivity (Wildman–Crippen MR) is 80.8 cm³/mol. The van der Waals surface area contributed by atoms with E-state index in [1.54, 1.807) is 12.1 Å². The molecule has 0 saturated carbocycles. The first-order chi connectivity index (χ1) is 10.1. The van der Waals surface area contributed by atoms with Crippen molar-refractivity contribution in [3.05, 3.63) is 53.1 Å². The summed E-state index contributed by atoms with van der Waals surface area (Å²) in [5, 5.41) is 9.41. The van der Waals surface area contributed by atoms with Crippen LogP contribution in [0.25, 0.3) is 5.76 Å². The van der Waals surface area contributed by atoms with Crippen molar-refractivity contribution in [1.29, 1.82) is 0 Å². The van der Waals surface area contributed by atoms with Crippen molar-refractivity contribution in [3.8, 4) is 0 Å². The number of rotatable bonds is 5. The molecule has 1 aliphatic heterocycles. The maximum Gasteiger partial charge on any atom is 0.338 e. The molecule has 0 bridgehead atoms. The largest absolute Gasteiger partial charge is 0.489 e. The van der Waals surface area contributed by atoms with Gasteiger partial charge in [-0.25, -0.2) is 4.79 Å². The molecule has 1 aromatic carbocycles. The number of aliphatic hydroxyl groups is 1. The Morgan fingerprint density at radius 2 is 2.29 bits per heavy atom. The highest BCUT2D eigenvalue weighted by Gasteiger charge is 2.13. The molecule has 0 spiro atoms. The van der Waals surface area contributed by atoms with Crippen LogP contribution in [0.5, 0.6) is 0 Å². The summed E-state index contributed by atoms with van der Waals surface area (Å²) in [6.07, 6.45) is 5.74. The van der Waals surface area contributed by atoms with Crippen molar-refractivity contribution in [1.82, 2.24) is 0 Å². The number of aliphatic hydroxyl groups excluding tert-OH is 1. The van der Waals surface area contributed by atoms with Gasteiger partial charge in [-0.1, -0.05) is 19.1 Å². The van der Waals surface area contributed by atoms with Gasteiger partial charge in [0.15, 0.2) is 0 Å². The topological polar surface area (TPSA) is 55.8 Å². The normalized spacial score (nSPS) is 15.1. The van der Waals surface area contributed by atoms with E-state index in [0.717, 1.165) is 16.9 Å². The average molecular weight is 288 g/mol. The first kappa shape index (κ1) is 15.3. The first-order valence-electron chi connectivity index (χ1n) is 7.07. The molecule has 1 aliphatic rings.